The van der Waals surface area contributed by atoms with Gasteiger partial charge in [0.2, 0.25) is 5.91 Å². The van der Waals surface area contributed by atoms with Gasteiger partial charge in [-0.05, 0) is 40.2 Å². The van der Waals surface area contributed by atoms with E-state index >= 15 is 0 Å². The van der Waals surface area contributed by atoms with Crippen molar-refractivity contribution in [1.29, 1.82) is 5.26 Å². The van der Waals surface area contributed by atoms with Crippen LogP contribution in [0.15, 0.2) is 51.9 Å². The molecule has 2 aromatic rings. The molecule has 1 aromatic carbocycles. The van der Waals surface area contributed by atoms with Gasteiger partial charge in [-0.3, -0.25) is 9.59 Å². The number of hydrogen-bond donors (Lipinski definition) is 1. The minimum atomic E-state index is -0.333. The molecule has 20 heavy (non-hydrogen) atoms. The van der Waals surface area contributed by atoms with Crippen molar-refractivity contribution >= 4 is 27.5 Å². The molecule has 0 bridgehead atoms. The zero-order valence-electron chi connectivity index (χ0n) is 10.3. The zero-order valence-corrected chi connectivity index (χ0v) is 11.9. The molecule has 0 spiro atoms. The highest BCUT2D eigenvalue weighted by Crippen LogP contribution is 2.10. The fourth-order valence-corrected chi connectivity index (χ4v) is 2.03. The molecule has 5 nitrogen and oxygen atoms in total. The summed E-state index contributed by atoms with van der Waals surface area (Å²) in [5.41, 5.74) is 0.730. The molecule has 0 aliphatic rings. The van der Waals surface area contributed by atoms with Gasteiger partial charge in [-0.1, -0.05) is 6.07 Å². The lowest BCUT2D eigenvalue weighted by Gasteiger charge is -2.07. The van der Waals surface area contributed by atoms with Crippen molar-refractivity contribution in [2.24, 2.45) is 0 Å². The van der Waals surface area contributed by atoms with E-state index in [4.69, 9.17) is 5.26 Å². The van der Waals surface area contributed by atoms with Crippen LogP contribution in [0.3, 0.4) is 0 Å². The predicted octanol–water partition coefficient (Wildman–Crippen LogP) is 2.12. The number of carbonyl (C=O) groups excluding carboxylic acids is 1. The lowest BCUT2D eigenvalue weighted by molar-refractivity contribution is -0.116. The Morgan fingerprint density at radius 2 is 2.15 bits per heavy atom. The predicted molar refractivity (Wildman–Crippen MR) is 78.2 cm³/mol. The fourth-order valence-electron chi connectivity index (χ4n) is 1.65. The number of pyridine rings is 1. The highest BCUT2D eigenvalue weighted by Gasteiger charge is 2.06. The van der Waals surface area contributed by atoms with Gasteiger partial charge in [-0.15, -0.1) is 0 Å². The van der Waals surface area contributed by atoms with Gasteiger partial charge in [0.05, 0.1) is 11.6 Å². The molecule has 1 amide bonds. The van der Waals surface area contributed by atoms with Crippen molar-refractivity contribution in [2.45, 2.75) is 6.54 Å². The lowest BCUT2D eigenvalue weighted by atomic mass is 10.2. The summed E-state index contributed by atoms with van der Waals surface area (Å²) in [7, 11) is 0. The molecular weight excluding hydrogens is 322 g/mol. The second-order valence-corrected chi connectivity index (χ2v) is 4.97. The maximum absolute atomic E-state index is 11.9. The van der Waals surface area contributed by atoms with Crippen LogP contribution in [0.1, 0.15) is 5.56 Å². The molecule has 0 aliphatic heterocycles. The SMILES string of the molecule is N#Cc1cccc(NC(=O)Cn2cc(Br)ccc2=O)c1. The summed E-state index contributed by atoms with van der Waals surface area (Å²) in [6.07, 6.45) is 1.55. The highest BCUT2D eigenvalue weighted by atomic mass is 79.9. The standard InChI is InChI=1S/C14H10BrN3O2/c15-11-4-5-14(20)18(8-11)9-13(19)17-12-3-1-2-10(6-12)7-16/h1-6,8H,9H2,(H,17,19). The average Bonchev–Trinajstić information content (AvgIpc) is 2.43. The minimum absolute atomic E-state index is 0.0882. The number of carbonyl (C=O) groups is 1. The third kappa shape index (κ3) is 3.56. The molecule has 1 N–H and O–H groups in total. The largest absolute Gasteiger partial charge is 0.324 e. The topological polar surface area (TPSA) is 74.9 Å². The quantitative estimate of drug-likeness (QED) is 0.935. The Labute approximate surface area is 123 Å². The van der Waals surface area contributed by atoms with Crippen LogP contribution >= 0.6 is 15.9 Å². The molecule has 0 fully saturated rings. The Kier molecular flexibility index (Phi) is 4.33. The van der Waals surface area contributed by atoms with E-state index in [9.17, 15) is 9.59 Å². The summed E-state index contributed by atoms with van der Waals surface area (Å²) in [5, 5.41) is 11.4. The summed E-state index contributed by atoms with van der Waals surface area (Å²) < 4.78 is 2.02. The summed E-state index contributed by atoms with van der Waals surface area (Å²) in [6, 6.07) is 11.6. The monoisotopic (exact) mass is 331 g/mol. The van der Waals surface area contributed by atoms with Gasteiger partial charge in [-0.2, -0.15) is 5.26 Å². The molecule has 0 atom stereocenters. The molecule has 0 radical (unpaired) electrons. The first-order valence-electron chi connectivity index (χ1n) is 5.74. The van der Waals surface area contributed by atoms with Crippen LogP contribution in [-0.4, -0.2) is 10.5 Å². The Balaban J connectivity index is 2.11. The van der Waals surface area contributed by atoms with Crippen LogP contribution in [0.4, 0.5) is 5.69 Å². The van der Waals surface area contributed by atoms with Crippen LogP contribution in [0.25, 0.3) is 0 Å². The van der Waals surface area contributed by atoms with Crippen molar-refractivity contribution < 1.29 is 4.79 Å². The molecule has 0 saturated heterocycles. The number of nitrogens with one attached hydrogen (secondary N) is 1. The molecule has 0 unspecified atom stereocenters. The van der Waals surface area contributed by atoms with Crippen molar-refractivity contribution in [3.63, 3.8) is 0 Å². The number of aromatic nitrogens is 1. The Morgan fingerprint density at radius 1 is 1.35 bits per heavy atom. The minimum Gasteiger partial charge on any atom is -0.324 e. The molecule has 0 saturated carbocycles. The molecular formula is C14H10BrN3O2. The maximum atomic E-state index is 11.9. The van der Waals surface area contributed by atoms with Crippen LogP contribution in [0.2, 0.25) is 0 Å². The van der Waals surface area contributed by atoms with Crippen LogP contribution in [-0.2, 0) is 11.3 Å². The summed E-state index contributed by atoms with van der Waals surface area (Å²) in [6.45, 7) is -0.0882. The number of hydrogen-bond acceptors (Lipinski definition) is 3. The molecule has 1 aromatic heterocycles. The first kappa shape index (κ1) is 14.0. The Hall–Kier alpha value is -2.39. The second kappa shape index (κ2) is 6.17. The van der Waals surface area contributed by atoms with E-state index in [2.05, 4.69) is 21.2 Å². The van der Waals surface area contributed by atoms with Gasteiger partial charge in [0.1, 0.15) is 6.54 Å². The van der Waals surface area contributed by atoms with Gasteiger partial charge < -0.3 is 9.88 Å². The third-order valence-corrected chi connectivity index (χ3v) is 3.01. The van der Waals surface area contributed by atoms with Gasteiger partial charge >= 0.3 is 0 Å². The molecule has 6 heteroatoms. The number of amides is 1. The first-order valence-corrected chi connectivity index (χ1v) is 6.54. The molecule has 1 heterocycles. The van der Waals surface area contributed by atoms with Crippen molar-refractivity contribution in [3.05, 3.63) is 63.0 Å². The Morgan fingerprint density at radius 3 is 2.90 bits per heavy atom. The van der Waals surface area contributed by atoms with E-state index < -0.39 is 0 Å². The smallest absolute Gasteiger partial charge is 0.251 e. The fraction of sp³-hybridized carbons (Fsp3) is 0.0714. The van der Waals surface area contributed by atoms with Gasteiger partial charge in [-0.25, -0.2) is 0 Å². The number of anilines is 1. The maximum Gasteiger partial charge on any atom is 0.251 e. The second-order valence-electron chi connectivity index (χ2n) is 4.05. The van der Waals surface area contributed by atoms with E-state index in [0.717, 1.165) is 4.47 Å². The van der Waals surface area contributed by atoms with Gasteiger partial charge in [0, 0.05) is 22.4 Å². The average molecular weight is 332 g/mol. The van der Waals surface area contributed by atoms with Crippen molar-refractivity contribution in [2.75, 3.05) is 5.32 Å². The Bertz CT molecular complexity index is 747. The van der Waals surface area contributed by atoms with Gasteiger partial charge in [0.15, 0.2) is 0 Å². The lowest BCUT2D eigenvalue weighted by Crippen LogP contribution is -2.26. The first-order chi connectivity index (χ1) is 9.58. The van der Waals surface area contributed by atoms with Crippen molar-refractivity contribution in [1.82, 2.24) is 4.57 Å². The van der Waals surface area contributed by atoms with E-state index in [0.29, 0.717) is 11.3 Å². The number of benzene rings is 1. The molecule has 0 aliphatic carbocycles. The third-order valence-electron chi connectivity index (χ3n) is 2.54. The van der Waals surface area contributed by atoms with Crippen LogP contribution in [0, 0.1) is 11.3 Å². The van der Waals surface area contributed by atoms with Crippen molar-refractivity contribution in [3.8, 4) is 6.07 Å². The van der Waals surface area contributed by atoms with Crippen LogP contribution < -0.4 is 10.9 Å². The van der Waals surface area contributed by atoms with E-state index in [-0.39, 0.29) is 18.0 Å². The summed E-state index contributed by atoms with van der Waals surface area (Å²) in [5.74, 6) is -0.333. The normalized spacial score (nSPS) is 9.80. The molecule has 100 valence electrons. The summed E-state index contributed by atoms with van der Waals surface area (Å²) in [4.78, 5) is 23.5. The van der Waals surface area contributed by atoms with E-state index in [1.165, 1.54) is 10.6 Å². The number of nitrogens with zero attached hydrogens (tertiary/aromatic N) is 2. The zero-order chi connectivity index (χ0) is 14.5. The number of halogens is 1. The number of rotatable bonds is 3. The molecule has 2 rings (SSSR count). The van der Waals surface area contributed by atoms with Gasteiger partial charge in [0.25, 0.3) is 5.56 Å². The van der Waals surface area contributed by atoms with Crippen LogP contribution in [0.5, 0.6) is 0 Å². The number of nitriles is 1. The van der Waals surface area contributed by atoms with E-state index in [1.54, 1.807) is 36.5 Å². The van der Waals surface area contributed by atoms with E-state index in [1.807, 2.05) is 6.07 Å². The highest BCUT2D eigenvalue weighted by molar-refractivity contribution is 9.10. The summed E-state index contributed by atoms with van der Waals surface area (Å²) >= 11 is 3.24.